The Balaban J connectivity index is 1.47. The number of hydrogen-bond donors (Lipinski definition) is 0. The van der Waals surface area contributed by atoms with E-state index in [1.165, 1.54) is 12.1 Å². The van der Waals surface area contributed by atoms with Gasteiger partial charge in [-0.2, -0.15) is 0 Å². The van der Waals surface area contributed by atoms with E-state index in [4.69, 9.17) is 4.74 Å². The number of benzene rings is 3. The first-order chi connectivity index (χ1) is 17.0. The zero-order valence-electron chi connectivity index (χ0n) is 20.1. The molecule has 1 saturated heterocycles. The number of carbonyl (C=O) groups excluding carboxylic acids is 2. The lowest BCUT2D eigenvalue weighted by Crippen LogP contribution is -2.40. The molecule has 0 aliphatic carbocycles. The Labute approximate surface area is 206 Å². The molecule has 1 aliphatic heterocycles. The molecule has 6 heteroatoms. The summed E-state index contributed by atoms with van der Waals surface area (Å²) >= 11 is 0. The van der Waals surface area contributed by atoms with Gasteiger partial charge in [0.2, 0.25) is 5.91 Å². The Morgan fingerprint density at radius 3 is 2.23 bits per heavy atom. The molecule has 3 aromatic rings. The molecule has 182 valence electrons. The van der Waals surface area contributed by atoms with Crippen LogP contribution in [0.15, 0.2) is 72.8 Å². The van der Waals surface area contributed by atoms with Crippen molar-refractivity contribution in [2.24, 2.45) is 0 Å². The molecule has 35 heavy (non-hydrogen) atoms. The van der Waals surface area contributed by atoms with Gasteiger partial charge in [0.05, 0.1) is 19.8 Å². The number of rotatable bonds is 8. The van der Waals surface area contributed by atoms with Crippen molar-refractivity contribution in [3.05, 3.63) is 89.7 Å². The van der Waals surface area contributed by atoms with Crippen molar-refractivity contribution in [1.29, 1.82) is 0 Å². The number of unbranched alkanes of at least 4 members (excludes halogenated alkanes) is 1. The number of carbonyl (C=O) groups is 2. The normalized spacial score (nSPS) is 13.5. The van der Waals surface area contributed by atoms with Crippen molar-refractivity contribution in [2.45, 2.75) is 32.7 Å². The van der Waals surface area contributed by atoms with E-state index in [2.05, 4.69) is 0 Å². The van der Waals surface area contributed by atoms with Crippen LogP contribution in [-0.4, -0.2) is 43.0 Å². The summed E-state index contributed by atoms with van der Waals surface area (Å²) in [7, 11) is 0. The van der Waals surface area contributed by atoms with Gasteiger partial charge in [-0.1, -0.05) is 55.8 Å². The third-order valence-electron chi connectivity index (χ3n) is 6.22. The summed E-state index contributed by atoms with van der Waals surface area (Å²) in [6.07, 6.45) is 2.16. The summed E-state index contributed by atoms with van der Waals surface area (Å²) < 4.78 is 19.2. The van der Waals surface area contributed by atoms with Gasteiger partial charge in [-0.25, -0.2) is 4.39 Å². The molecule has 1 aliphatic rings. The first-order valence-corrected chi connectivity index (χ1v) is 12.2. The predicted octanol–water partition coefficient (Wildman–Crippen LogP) is 5.69. The van der Waals surface area contributed by atoms with E-state index in [1.807, 2.05) is 60.4 Å². The van der Waals surface area contributed by atoms with Crippen LogP contribution in [0.1, 0.15) is 42.1 Å². The first kappa shape index (κ1) is 24.6. The molecule has 4 rings (SSSR count). The van der Waals surface area contributed by atoms with E-state index >= 15 is 0 Å². The summed E-state index contributed by atoms with van der Waals surface area (Å²) in [5, 5.41) is 0. The van der Waals surface area contributed by atoms with E-state index in [-0.39, 0.29) is 17.6 Å². The van der Waals surface area contributed by atoms with Crippen molar-refractivity contribution in [3.63, 3.8) is 0 Å². The van der Waals surface area contributed by atoms with Gasteiger partial charge in [0.15, 0.2) is 0 Å². The number of hydrogen-bond acceptors (Lipinski definition) is 3. The molecule has 0 spiro atoms. The fraction of sp³-hybridized carbons (Fsp3) is 0.310. The second-order valence-corrected chi connectivity index (χ2v) is 8.74. The van der Waals surface area contributed by atoms with Crippen molar-refractivity contribution >= 4 is 17.5 Å². The largest absolute Gasteiger partial charge is 0.378 e. The Morgan fingerprint density at radius 1 is 0.943 bits per heavy atom. The Bertz CT molecular complexity index is 1140. The number of nitrogens with zero attached hydrogens (tertiary/aromatic N) is 2. The quantitative estimate of drug-likeness (QED) is 0.422. The van der Waals surface area contributed by atoms with Gasteiger partial charge in [-0.05, 0) is 53.4 Å². The van der Waals surface area contributed by atoms with Crippen LogP contribution in [-0.2, 0) is 16.1 Å². The van der Waals surface area contributed by atoms with E-state index in [1.54, 1.807) is 17.0 Å². The van der Waals surface area contributed by atoms with Crippen LogP contribution in [0.25, 0.3) is 11.1 Å². The first-order valence-electron chi connectivity index (χ1n) is 12.2. The fourth-order valence-electron chi connectivity index (χ4n) is 4.17. The van der Waals surface area contributed by atoms with E-state index in [0.717, 1.165) is 29.5 Å². The molecule has 0 bridgehead atoms. The van der Waals surface area contributed by atoms with Gasteiger partial charge in [0, 0.05) is 30.8 Å². The molecule has 0 radical (unpaired) electrons. The molecule has 2 amide bonds. The van der Waals surface area contributed by atoms with Gasteiger partial charge >= 0.3 is 0 Å². The van der Waals surface area contributed by atoms with Crippen molar-refractivity contribution < 1.29 is 18.7 Å². The number of amides is 2. The third-order valence-corrected chi connectivity index (χ3v) is 6.22. The highest BCUT2D eigenvalue weighted by atomic mass is 19.1. The maximum atomic E-state index is 13.8. The van der Waals surface area contributed by atoms with Crippen molar-refractivity contribution in [3.8, 4) is 11.1 Å². The second-order valence-electron chi connectivity index (χ2n) is 8.74. The van der Waals surface area contributed by atoms with Gasteiger partial charge in [-0.15, -0.1) is 0 Å². The maximum Gasteiger partial charge on any atom is 0.254 e. The summed E-state index contributed by atoms with van der Waals surface area (Å²) in [6.45, 7) is 4.82. The van der Waals surface area contributed by atoms with Gasteiger partial charge in [-0.3, -0.25) is 9.59 Å². The average Bonchev–Trinajstić information content (AvgIpc) is 2.91. The Hall–Kier alpha value is -3.51. The highest BCUT2D eigenvalue weighted by molar-refractivity contribution is 5.95. The molecule has 0 N–H and O–H groups in total. The Morgan fingerprint density at radius 2 is 1.60 bits per heavy atom. The smallest absolute Gasteiger partial charge is 0.254 e. The third kappa shape index (κ3) is 6.34. The van der Waals surface area contributed by atoms with E-state index in [0.29, 0.717) is 50.5 Å². The topological polar surface area (TPSA) is 49.9 Å². The summed E-state index contributed by atoms with van der Waals surface area (Å²) in [4.78, 5) is 29.0. The minimum atomic E-state index is -0.360. The highest BCUT2D eigenvalue weighted by Crippen LogP contribution is 2.24. The van der Waals surface area contributed by atoms with Crippen LogP contribution in [0.2, 0.25) is 0 Å². The summed E-state index contributed by atoms with van der Waals surface area (Å²) in [5.74, 6) is -0.343. The molecule has 0 unspecified atom stereocenters. The monoisotopic (exact) mass is 474 g/mol. The van der Waals surface area contributed by atoms with Gasteiger partial charge in [0.25, 0.3) is 5.91 Å². The van der Waals surface area contributed by atoms with Crippen LogP contribution >= 0.6 is 0 Å². The molecule has 1 fully saturated rings. The summed E-state index contributed by atoms with van der Waals surface area (Å²) in [5.41, 5.74) is 4.23. The minimum absolute atomic E-state index is 0.0120. The number of morpholine rings is 1. The molecule has 5 nitrogen and oxygen atoms in total. The molecular weight excluding hydrogens is 443 g/mol. The average molecular weight is 475 g/mol. The van der Waals surface area contributed by atoms with Crippen LogP contribution in [0, 0.1) is 5.82 Å². The van der Waals surface area contributed by atoms with Crippen molar-refractivity contribution in [2.75, 3.05) is 31.2 Å². The lowest BCUT2D eigenvalue weighted by Gasteiger charge is -2.26. The van der Waals surface area contributed by atoms with Crippen LogP contribution in [0.4, 0.5) is 10.1 Å². The van der Waals surface area contributed by atoms with Gasteiger partial charge in [0.1, 0.15) is 5.82 Å². The SMILES string of the molecule is CCCCC(=O)N(Cc1ccc(-c2ccc(C(=O)N3CCOCC3)cc2)cc1)c1cccc(F)c1. The molecule has 0 atom stereocenters. The van der Waals surface area contributed by atoms with E-state index in [9.17, 15) is 14.0 Å². The van der Waals surface area contributed by atoms with Crippen LogP contribution in [0.3, 0.4) is 0 Å². The second kappa shape index (κ2) is 11.8. The van der Waals surface area contributed by atoms with Crippen molar-refractivity contribution in [1.82, 2.24) is 4.90 Å². The van der Waals surface area contributed by atoms with Crippen LogP contribution < -0.4 is 4.90 Å². The zero-order valence-corrected chi connectivity index (χ0v) is 20.1. The van der Waals surface area contributed by atoms with E-state index < -0.39 is 0 Å². The highest BCUT2D eigenvalue weighted by Gasteiger charge is 2.19. The van der Waals surface area contributed by atoms with Gasteiger partial charge < -0.3 is 14.5 Å². The molecule has 1 heterocycles. The maximum absolute atomic E-state index is 13.8. The summed E-state index contributed by atoms with van der Waals surface area (Å²) in [6, 6.07) is 21.8. The minimum Gasteiger partial charge on any atom is -0.378 e. The molecule has 3 aromatic carbocycles. The number of halogens is 1. The number of anilines is 1. The van der Waals surface area contributed by atoms with Crippen LogP contribution in [0.5, 0.6) is 0 Å². The number of ether oxygens (including phenoxy) is 1. The zero-order chi connectivity index (χ0) is 24.6. The predicted molar refractivity (Wildman–Crippen MR) is 136 cm³/mol. The molecular formula is C29H31FN2O3. The molecule has 0 aromatic heterocycles. The molecule has 0 saturated carbocycles. The standard InChI is InChI=1S/C29H31FN2O3/c1-2-3-7-28(33)32(27-6-4-5-26(30)20-27)21-22-8-10-23(11-9-22)24-12-14-25(15-13-24)29(34)31-16-18-35-19-17-31/h4-6,8-15,20H,2-3,7,16-19,21H2,1H3. The lowest BCUT2D eigenvalue weighted by atomic mass is 10.0. The lowest BCUT2D eigenvalue weighted by molar-refractivity contribution is -0.118. The Kier molecular flexibility index (Phi) is 8.27. The fourth-order valence-corrected chi connectivity index (χ4v) is 4.17.